The van der Waals surface area contributed by atoms with E-state index in [-0.39, 0.29) is 0 Å². The van der Waals surface area contributed by atoms with Gasteiger partial charge in [0.25, 0.3) is 0 Å². The number of benzene rings is 1. The summed E-state index contributed by atoms with van der Waals surface area (Å²) in [5, 5.41) is 3.24. The Hall–Kier alpha value is -1.91. The SMILES string of the molecule is C=CCN(CC=C)CCc1nc(-c2cccc(N)c2)cs1. The lowest BCUT2D eigenvalue weighted by atomic mass is 10.1. The molecule has 4 heteroatoms. The fourth-order valence-corrected chi connectivity index (χ4v) is 2.93. The number of nitrogens with zero attached hydrogens (tertiary/aromatic N) is 2. The zero-order valence-corrected chi connectivity index (χ0v) is 13.0. The molecule has 1 aromatic heterocycles. The number of nitrogen functional groups attached to an aromatic ring is 1. The molecule has 2 rings (SSSR count). The van der Waals surface area contributed by atoms with Crippen LogP contribution in [0.5, 0.6) is 0 Å². The molecule has 0 aliphatic carbocycles. The Balaban J connectivity index is 1.99. The Kier molecular flexibility index (Phi) is 5.72. The van der Waals surface area contributed by atoms with Crippen molar-refractivity contribution in [3.8, 4) is 11.3 Å². The molecule has 0 aliphatic heterocycles. The molecule has 2 aromatic rings. The summed E-state index contributed by atoms with van der Waals surface area (Å²) in [5.41, 5.74) is 8.66. The number of thiazole rings is 1. The minimum absolute atomic E-state index is 0.769. The van der Waals surface area contributed by atoms with Gasteiger partial charge in [-0.3, -0.25) is 4.90 Å². The third-order valence-corrected chi connectivity index (χ3v) is 4.06. The first-order valence-electron chi connectivity index (χ1n) is 6.97. The highest BCUT2D eigenvalue weighted by atomic mass is 32.1. The first-order chi connectivity index (χ1) is 10.2. The van der Waals surface area contributed by atoms with Crippen molar-refractivity contribution in [1.29, 1.82) is 0 Å². The number of hydrogen-bond acceptors (Lipinski definition) is 4. The van der Waals surface area contributed by atoms with Gasteiger partial charge in [0.1, 0.15) is 0 Å². The third-order valence-electron chi connectivity index (χ3n) is 3.15. The van der Waals surface area contributed by atoms with Gasteiger partial charge in [-0.2, -0.15) is 0 Å². The van der Waals surface area contributed by atoms with Crippen molar-refractivity contribution >= 4 is 17.0 Å². The molecule has 0 unspecified atom stereocenters. The maximum Gasteiger partial charge on any atom is 0.0945 e. The molecule has 110 valence electrons. The standard InChI is InChI=1S/C17H21N3S/c1-3-9-20(10-4-2)11-8-17-19-16(13-21-17)14-6-5-7-15(18)12-14/h3-7,12-13H,1-2,8-11,18H2. The van der Waals surface area contributed by atoms with Crippen LogP contribution >= 0.6 is 11.3 Å². The van der Waals surface area contributed by atoms with Gasteiger partial charge in [-0.1, -0.05) is 24.3 Å². The Morgan fingerprint density at radius 2 is 2.00 bits per heavy atom. The molecule has 1 heterocycles. The summed E-state index contributed by atoms with van der Waals surface area (Å²) < 4.78 is 0. The summed E-state index contributed by atoms with van der Waals surface area (Å²) in [6.45, 7) is 10.3. The van der Waals surface area contributed by atoms with Crippen molar-refractivity contribution in [2.75, 3.05) is 25.4 Å². The van der Waals surface area contributed by atoms with Gasteiger partial charge in [-0.25, -0.2) is 4.98 Å². The van der Waals surface area contributed by atoms with Crippen molar-refractivity contribution < 1.29 is 0 Å². The average Bonchev–Trinajstić information content (AvgIpc) is 2.94. The summed E-state index contributed by atoms with van der Waals surface area (Å²) in [6.07, 6.45) is 4.78. The van der Waals surface area contributed by atoms with E-state index in [0.717, 1.165) is 48.0 Å². The number of aromatic nitrogens is 1. The maximum atomic E-state index is 5.82. The summed E-state index contributed by atoms with van der Waals surface area (Å²) in [7, 11) is 0. The van der Waals surface area contributed by atoms with E-state index in [1.54, 1.807) is 11.3 Å². The molecule has 0 atom stereocenters. The smallest absolute Gasteiger partial charge is 0.0945 e. The quantitative estimate of drug-likeness (QED) is 0.598. The van der Waals surface area contributed by atoms with Gasteiger partial charge in [0, 0.05) is 42.7 Å². The van der Waals surface area contributed by atoms with Gasteiger partial charge in [0.05, 0.1) is 10.7 Å². The highest BCUT2D eigenvalue weighted by molar-refractivity contribution is 7.09. The van der Waals surface area contributed by atoms with Gasteiger partial charge in [-0.05, 0) is 12.1 Å². The monoisotopic (exact) mass is 299 g/mol. The highest BCUT2D eigenvalue weighted by Crippen LogP contribution is 2.23. The van der Waals surface area contributed by atoms with Gasteiger partial charge < -0.3 is 5.73 Å². The van der Waals surface area contributed by atoms with Crippen LogP contribution < -0.4 is 5.73 Å². The molecule has 0 fully saturated rings. The average molecular weight is 299 g/mol. The Morgan fingerprint density at radius 3 is 2.67 bits per heavy atom. The van der Waals surface area contributed by atoms with Gasteiger partial charge in [-0.15, -0.1) is 24.5 Å². The topological polar surface area (TPSA) is 42.2 Å². The minimum Gasteiger partial charge on any atom is -0.399 e. The molecular weight excluding hydrogens is 278 g/mol. The molecule has 21 heavy (non-hydrogen) atoms. The second-order valence-corrected chi connectivity index (χ2v) is 5.78. The van der Waals surface area contributed by atoms with Gasteiger partial charge in [0.15, 0.2) is 0 Å². The third kappa shape index (κ3) is 4.55. The number of hydrogen-bond donors (Lipinski definition) is 1. The molecule has 1 aromatic carbocycles. The Bertz CT molecular complexity index is 594. The van der Waals surface area contributed by atoms with E-state index < -0.39 is 0 Å². The van der Waals surface area contributed by atoms with E-state index >= 15 is 0 Å². The van der Waals surface area contributed by atoms with Crippen LogP contribution in [-0.4, -0.2) is 29.5 Å². The van der Waals surface area contributed by atoms with Crippen molar-refractivity contribution in [1.82, 2.24) is 9.88 Å². The zero-order chi connectivity index (χ0) is 15.1. The summed E-state index contributed by atoms with van der Waals surface area (Å²) in [4.78, 5) is 6.99. The second kappa shape index (κ2) is 7.76. The first-order valence-corrected chi connectivity index (χ1v) is 7.85. The summed E-state index contributed by atoms with van der Waals surface area (Å²) >= 11 is 1.70. The van der Waals surface area contributed by atoms with Gasteiger partial charge >= 0.3 is 0 Å². The van der Waals surface area contributed by atoms with Crippen LogP contribution in [0, 0.1) is 0 Å². The molecule has 0 aliphatic rings. The fraction of sp³-hybridized carbons (Fsp3) is 0.235. The van der Waals surface area contributed by atoms with Crippen LogP contribution in [0.4, 0.5) is 5.69 Å². The van der Waals surface area contributed by atoms with Crippen LogP contribution in [-0.2, 0) is 6.42 Å². The lowest BCUT2D eigenvalue weighted by Gasteiger charge is -2.17. The van der Waals surface area contributed by atoms with E-state index in [4.69, 9.17) is 10.7 Å². The minimum atomic E-state index is 0.769. The lowest BCUT2D eigenvalue weighted by molar-refractivity contribution is 0.339. The van der Waals surface area contributed by atoms with Crippen molar-refractivity contribution in [3.05, 3.63) is 60.0 Å². The van der Waals surface area contributed by atoms with Crippen LogP contribution in [0.2, 0.25) is 0 Å². The molecule has 3 nitrogen and oxygen atoms in total. The highest BCUT2D eigenvalue weighted by Gasteiger charge is 2.07. The first kappa shape index (κ1) is 15.5. The van der Waals surface area contributed by atoms with Crippen molar-refractivity contribution in [2.24, 2.45) is 0 Å². The van der Waals surface area contributed by atoms with Crippen molar-refractivity contribution in [2.45, 2.75) is 6.42 Å². The van der Waals surface area contributed by atoms with Crippen molar-refractivity contribution in [3.63, 3.8) is 0 Å². The lowest BCUT2D eigenvalue weighted by Crippen LogP contribution is -2.26. The fourth-order valence-electron chi connectivity index (χ4n) is 2.13. The molecule has 0 bridgehead atoms. The van der Waals surface area contributed by atoms with Crippen LogP contribution in [0.25, 0.3) is 11.3 Å². The van der Waals surface area contributed by atoms with E-state index in [1.165, 1.54) is 0 Å². The van der Waals surface area contributed by atoms with Gasteiger partial charge in [0.2, 0.25) is 0 Å². The van der Waals surface area contributed by atoms with E-state index in [2.05, 4.69) is 23.4 Å². The van der Waals surface area contributed by atoms with E-state index in [0.29, 0.717) is 0 Å². The predicted molar refractivity (Wildman–Crippen MR) is 92.5 cm³/mol. The largest absolute Gasteiger partial charge is 0.399 e. The van der Waals surface area contributed by atoms with E-state index in [1.807, 2.05) is 36.4 Å². The number of anilines is 1. The van der Waals surface area contributed by atoms with Crippen LogP contribution in [0.3, 0.4) is 0 Å². The van der Waals surface area contributed by atoms with Crippen LogP contribution in [0.1, 0.15) is 5.01 Å². The molecule has 0 saturated heterocycles. The summed E-state index contributed by atoms with van der Waals surface area (Å²) in [5.74, 6) is 0. The molecule has 2 N–H and O–H groups in total. The Morgan fingerprint density at radius 1 is 1.24 bits per heavy atom. The second-order valence-electron chi connectivity index (χ2n) is 4.84. The molecule has 0 amide bonds. The van der Waals surface area contributed by atoms with Crippen LogP contribution in [0.15, 0.2) is 55.0 Å². The van der Waals surface area contributed by atoms with E-state index in [9.17, 15) is 0 Å². The number of nitrogens with two attached hydrogens (primary N) is 1. The molecule has 0 saturated carbocycles. The Labute approximate surface area is 130 Å². The molecule has 0 spiro atoms. The normalized spacial score (nSPS) is 10.7. The maximum absolute atomic E-state index is 5.82. The number of rotatable bonds is 8. The molecular formula is C17H21N3S. The zero-order valence-electron chi connectivity index (χ0n) is 12.2. The predicted octanol–water partition coefficient (Wildman–Crippen LogP) is 3.61. The molecule has 0 radical (unpaired) electrons. The summed E-state index contributed by atoms with van der Waals surface area (Å²) in [6, 6.07) is 7.84.